The highest BCUT2D eigenvalue weighted by Gasteiger charge is 2.19. The van der Waals surface area contributed by atoms with Crippen LogP contribution < -0.4 is 0 Å². The molecule has 134 valence electrons. The van der Waals surface area contributed by atoms with Crippen LogP contribution in [0.5, 0.6) is 0 Å². The average molecular weight is 348 g/mol. The second-order valence-electron chi connectivity index (χ2n) is 6.31. The molecule has 0 heterocycles. The second kappa shape index (κ2) is 9.16. The zero-order valence-electron chi connectivity index (χ0n) is 15.1. The summed E-state index contributed by atoms with van der Waals surface area (Å²) in [5, 5.41) is 0. The Bertz CT molecular complexity index is 811. The summed E-state index contributed by atoms with van der Waals surface area (Å²) in [7, 11) is 1.42. The second-order valence-corrected chi connectivity index (χ2v) is 6.31. The van der Waals surface area contributed by atoms with Crippen molar-refractivity contribution in [1.29, 1.82) is 0 Å². The minimum absolute atomic E-state index is 0.279. The molecule has 3 heteroatoms. The molecule has 3 nitrogen and oxygen atoms in total. The Hall–Kier alpha value is -2.65. The van der Waals surface area contributed by atoms with Crippen LogP contribution in [-0.2, 0) is 22.5 Å². The van der Waals surface area contributed by atoms with E-state index in [1.807, 2.05) is 48.5 Å². The maximum atomic E-state index is 12.1. The van der Waals surface area contributed by atoms with E-state index in [-0.39, 0.29) is 5.97 Å². The van der Waals surface area contributed by atoms with Crippen LogP contribution >= 0.6 is 0 Å². The maximum Gasteiger partial charge on any atom is 0.338 e. The molecule has 0 fully saturated rings. The number of unbranched alkanes of at least 4 members (excludes halogenated alkanes) is 1. The molecule has 0 atom stereocenters. The van der Waals surface area contributed by atoms with Gasteiger partial charge in [-0.05, 0) is 47.6 Å². The molecule has 0 spiro atoms. The molecule has 0 saturated carbocycles. The van der Waals surface area contributed by atoms with Crippen molar-refractivity contribution < 1.29 is 14.3 Å². The lowest BCUT2D eigenvalue weighted by atomic mass is 10.0. The largest absolute Gasteiger partial charge is 0.465 e. The van der Waals surface area contributed by atoms with E-state index in [1.165, 1.54) is 18.2 Å². The van der Waals surface area contributed by atoms with Gasteiger partial charge in [-0.1, -0.05) is 60.7 Å². The van der Waals surface area contributed by atoms with Crippen molar-refractivity contribution in [2.24, 2.45) is 0 Å². The number of hydrogen-bond acceptors (Lipinski definition) is 3. The van der Waals surface area contributed by atoms with Gasteiger partial charge in [-0.15, -0.1) is 0 Å². The standard InChI is InChI=1S/C23H24O3/c1-25-23(24)22-16-19(20-13-6-3-7-14-21(20)22)12-8-9-15-26-17-18-10-4-2-5-11-18/h2-7,10-11,13-14,16H,8-9,12,15,17H2,1H3. The minimum atomic E-state index is -0.279. The molecule has 0 aromatic heterocycles. The predicted molar refractivity (Wildman–Crippen MR) is 103 cm³/mol. The molecule has 0 aliphatic heterocycles. The molecule has 0 radical (unpaired) electrons. The lowest BCUT2D eigenvalue weighted by molar-refractivity contribution is 0.0602. The molecule has 1 aromatic carbocycles. The highest BCUT2D eigenvalue weighted by molar-refractivity contribution is 6.00. The number of hydrogen-bond donors (Lipinski definition) is 0. The van der Waals surface area contributed by atoms with Gasteiger partial charge < -0.3 is 9.47 Å². The number of methoxy groups -OCH3 is 1. The number of carbonyl (C=O) groups is 1. The van der Waals surface area contributed by atoms with Gasteiger partial charge >= 0.3 is 5.97 Å². The van der Waals surface area contributed by atoms with Crippen molar-refractivity contribution in [2.45, 2.75) is 25.9 Å². The summed E-state index contributed by atoms with van der Waals surface area (Å²) in [4.78, 5) is 12.1. The molecule has 2 aliphatic carbocycles. The lowest BCUT2D eigenvalue weighted by Gasteiger charge is -2.05. The van der Waals surface area contributed by atoms with Gasteiger partial charge in [0.1, 0.15) is 0 Å². The zero-order valence-corrected chi connectivity index (χ0v) is 15.1. The number of carbonyl (C=O) groups excluding carboxylic acids is 1. The van der Waals surface area contributed by atoms with Crippen molar-refractivity contribution in [3.05, 3.63) is 83.4 Å². The third kappa shape index (κ3) is 4.50. The lowest BCUT2D eigenvalue weighted by Crippen LogP contribution is -2.00. The zero-order chi connectivity index (χ0) is 18.2. The van der Waals surface area contributed by atoms with Gasteiger partial charge in [0.2, 0.25) is 0 Å². The average Bonchev–Trinajstić information content (AvgIpc) is 2.85. The smallest absolute Gasteiger partial charge is 0.338 e. The molecular formula is C23H24O3. The van der Waals surface area contributed by atoms with Crippen molar-refractivity contribution in [3.8, 4) is 11.1 Å². The van der Waals surface area contributed by atoms with E-state index in [2.05, 4.69) is 18.2 Å². The molecule has 0 bridgehead atoms. The first kappa shape index (κ1) is 18.2. The highest BCUT2D eigenvalue weighted by Crippen LogP contribution is 2.33. The van der Waals surface area contributed by atoms with E-state index in [9.17, 15) is 4.79 Å². The SMILES string of the molecule is COC(=O)c1cc(CCCCOCc2ccccc2)c2cccccc1-2. The molecule has 2 aliphatic rings. The summed E-state index contributed by atoms with van der Waals surface area (Å²) in [6.07, 6.45) is 2.94. The molecule has 3 rings (SSSR count). The first-order valence-corrected chi connectivity index (χ1v) is 9.00. The number of fused-ring (bicyclic) bond motifs is 1. The van der Waals surface area contributed by atoms with E-state index in [1.54, 1.807) is 0 Å². The maximum absolute atomic E-state index is 12.1. The van der Waals surface area contributed by atoms with Crippen LogP contribution in [0, 0.1) is 0 Å². The summed E-state index contributed by atoms with van der Waals surface area (Å²) in [5.41, 5.74) is 5.12. The summed E-state index contributed by atoms with van der Waals surface area (Å²) in [6, 6.07) is 22.2. The highest BCUT2D eigenvalue weighted by atomic mass is 16.5. The van der Waals surface area contributed by atoms with E-state index in [4.69, 9.17) is 9.47 Å². The minimum Gasteiger partial charge on any atom is -0.465 e. The van der Waals surface area contributed by atoms with Crippen LogP contribution in [-0.4, -0.2) is 19.7 Å². The Morgan fingerprint density at radius 3 is 2.31 bits per heavy atom. The van der Waals surface area contributed by atoms with Crippen LogP contribution in [0.1, 0.15) is 34.3 Å². The quantitative estimate of drug-likeness (QED) is 0.419. The Kier molecular flexibility index (Phi) is 6.39. The number of esters is 1. The third-order valence-corrected chi connectivity index (χ3v) is 4.49. The predicted octanol–water partition coefficient (Wildman–Crippen LogP) is 5.12. The Labute approximate surface area is 154 Å². The summed E-state index contributed by atoms with van der Waals surface area (Å²) in [5.74, 6) is -0.279. The van der Waals surface area contributed by atoms with Crippen LogP contribution in [0.15, 0.2) is 66.7 Å². The third-order valence-electron chi connectivity index (χ3n) is 4.49. The summed E-state index contributed by atoms with van der Waals surface area (Å²) < 4.78 is 10.7. The van der Waals surface area contributed by atoms with Gasteiger partial charge in [-0.2, -0.15) is 0 Å². The van der Waals surface area contributed by atoms with Gasteiger partial charge in [0.05, 0.1) is 19.3 Å². The summed E-state index contributed by atoms with van der Waals surface area (Å²) in [6.45, 7) is 1.40. The van der Waals surface area contributed by atoms with Crippen molar-refractivity contribution >= 4 is 5.97 Å². The van der Waals surface area contributed by atoms with Crippen molar-refractivity contribution in [2.75, 3.05) is 13.7 Å². The number of aryl methyl sites for hydroxylation is 1. The fourth-order valence-electron chi connectivity index (χ4n) is 3.16. The van der Waals surface area contributed by atoms with Gasteiger partial charge in [-0.3, -0.25) is 0 Å². The monoisotopic (exact) mass is 348 g/mol. The van der Waals surface area contributed by atoms with Crippen molar-refractivity contribution in [1.82, 2.24) is 0 Å². The molecule has 0 amide bonds. The molecule has 0 N–H and O–H groups in total. The molecule has 26 heavy (non-hydrogen) atoms. The molecule has 0 saturated heterocycles. The van der Waals surface area contributed by atoms with Crippen LogP contribution in [0.25, 0.3) is 11.1 Å². The first-order chi connectivity index (χ1) is 12.8. The van der Waals surface area contributed by atoms with Crippen molar-refractivity contribution in [3.63, 3.8) is 0 Å². The van der Waals surface area contributed by atoms with Crippen LogP contribution in [0.3, 0.4) is 0 Å². The van der Waals surface area contributed by atoms with E-state index in [0.717, 1.165) is 37.0 Å². The normalized spacial score (nSPS) is 10.8. The van der Waals surface area contributed by atoms with Crippen LogP contribution in [0.4, 0.5) is 0 Å². The summed E-state index contributed by atoms with van der Waals surface area (Å²) >= 11 is 0. The molecule has 1 aromatic rings. The van der Waals surface area contributed by atoms with Gasteiger partial charge in [0.15, 0.2) is 0 Å². The topological polar surface area (TPSA) is 35.5 Å². The van der Waals surface area contributed by atoms with Gasteiger partial charge in [0, 0.05) is 6.61 Å². The van der Waals surface area contributed by atoms with E-state index in [0.29, 0.717) is 12.2 Å². The Balaban J connectivity index is 1.55. The van der Waals surface area contributed by atoms with Gasteiger partial charge in [-0.25, -0.2) is 4.79 Å². The fraction of sp³-hybridized carbons (Fsp3) is 0.261. The first-order valence-electron chi connectivity index (χ1n) is 9.00. The van der Waals surface area contributed by atoms with E-state index >= 15 is 0 Å². The Morgan fingerprint density at radius 2 is 1.58 bits per heavy atom. The molecule has 0 unspecified atom stereocenters. The number of ether oxygens (including phenoxy) is 2. The number of benzene rings is 1. The van der Waals surface area contributed by atoms with Crippen LogP contribution in [0.2, 0.25) is 0 Å². The van der Waals surface area contributed by atoms with E-state index < -0.39 is 0 Å². The molecular weight excluding hydrogens is 324 g/mol. The van der Waals surface area contributed by atoms with Gasteiger partial charge in [0.25, 0.3) is 0 Å². The Morgan fingerprint density at radius 1 is 0.885 bits per heavy atom. The fourth-order valence-corrected chi connectivity index (χ4v) is 3.16. The number of rotatable bonds is 8.